The Morgan fingerprint density at radius 3 is 3.12 bits per heavy atom. The van der Waals surface area contributed by atoms with Crippen LogP contribution < -0.4 is 5.32 Å². The van der Waals surface area contributed by atoms with E-state index in [1.165, 1.54) is 12.8 Å². The average Bonchev–Trinajstić information content (AvgIpc) is 3.16. The van der Waals surface area contributed by atoms with E-state index >= 15 is 0 Å². The van der Waals surface area contributed by atoms with Gasteiger partial charge in [-0.3, -0.25) is 0 Å². The molecule has 3 aromatic rings. The maximum atomic E-state index is 12.6. The van der Waals surface area contributed by atoms with Crippen molar-refractivity contribution < 1.29 is 4.79 Å². The zero-order valence-corrected chi connectivity index (χ0v) is 13.8. The van der Waals surface area contributed by atoms with Gasteiger partial charge in [0, 0.05) is 31.1 Å². The van der Waals surface area contributed by atoms with E-state index in [0.29, 0.717) is 18.8 Å². The van der Waals surface area contributed by atoms with Crippen LogP contribution in [0, 0.1) is 5.92 Å². The molecule has 128 valence electrons. The average molecular weight is 337 g/mol. The van der Waals surface area contributed by atoms with Gasteiger partial charge in [-0.25, -0.2) is 9.78 Å². The van der Waals surface area contributed by atoms with Crippen LogP contribution in [0.3, 0.4) is 0 Å². The fourth-order valence-electron chi connectivity index (χ4n) is 3.33. The normalized spacial score (nSPS) is 16.9. The third kappa shape index (κ3) is 2.73. The number of pyridine rings is 1. The first-order chi connectivity index (χ1) is 12.3. The molecule has 2 amide bonds. The van der Waals surface area contributed by atoms with Crippen LogP contribution in [0.1, 0.15) is 24.5 Å². The van der Waals surface area contributed by atoms with E-state index in [9.17, 15) is 4.79 Å². The van der Waals surface area contributed by atoms with Crippen molar-refractivity contribution in [3.05, 3.63) is 36.2 Å². The Hall–Kier alpha value is -2.90. The molecule has 2 aliphatic rings. The molecule has 0 unspecified atom stereocenters. The minimum absolute atomic E-state index is 0.130. The number of urea groups is 1. The third-order valence-corrected chi connectivity index (χ3v) is 4.94. The number of nitrogens with zero attached hydrogens (tertiary/aromatic N) is 5. The molecule has 1 fully saturated rings. The highest BCUT2D eigenvalue weighted by atomic mass is 16.2. The summed E-state index contributed by atoms with van der Waals surface area (Å²) in [7, 11) is 0. The van der Waals surface area contributed by atoms with Gasteiger partial charge in [-0.15, -0.1) is 10.2 Å². The van der Waals surface area contributed by atoms with Crippen molar-refractivity contribution in [1.82, 2.24) is 29.6 Å². The molecule has 0 bridgehead atoms. The molecule has 25 heavy (non-hydrogen) atoms. The fraction of sp³-hybridized carbons (Fsp3) is 0.412. The van der Waals surface area contributed by atoms with Crippen molar-refractivity contribution in [3.63, 3.8) is 0 Å². The SMILES string of the molecule is O=C(Nc1cnc2[nH]ccc2c1)N1CCn2c(CC3CC3)nnc2C1. The van der Waals surface area contributed by atoms with E-state index in [4.69, 9.17) is 0 Å². The molecule has 1 saturated carbocycles. The molecule has 8 nitrogen and oxygen atoms in total. The van der Waals surface area contributed by atoms with Crippen LogP contribution in [-0.2, 0) is 19.5 Å². The second-order valence-corrected chi connectivity index (χ2v) is 6.82. The first-order valence-electron chi connectivity index (χ1n) is 8.66. The second-order valence-electron chi connectivity index (χ2n) is 6.82. The summed E-state index contributed by atoms with van der Waals surface area (Å²) in [6.07, 6.45) is 7.12. The number of rotatable bonds is 3. The molecular formula is C17H19N7O. The summed E-state index contributed by atoms with van der Waals surface area (Å²) in [4.78, 5) is 21.7. The van der Waals surface area contributed by atoms with Crippen molar-refractivity contribution in [1.29, 1.82) is 0 Å². The van der Waals surface area contributed by atoms with Gasteiger partial charge in [0.15, 0.2) is 5.82 Å². The highest BCUT2D eigenvalue weighted by Gasteiger charge is 2.28. The highest BCUT2D eigenvalue weighted by Crippen LogP contribution is 2.32. The zero-order valence-electron chi connectivity index (χ0n) is 13.8. The van der Waals surface area contributed by atoms with Crippen LogP contribution in [0.25, 0.3) is 11.0 Å². The van der Waals surface area contributed by atoms with E-state index in [1.807, 2.05) is 18.3 Å². The van der Waals surface area contributed by atoms with Crippen LogP contribution in [0.5, 0.6) is 0 Å². The molecule has 5 rings (SSSR count). The highest BCUT2D eigenvalue weighted by molar-refractivity contribution is 5.91. The van der Waals surface area contributed by atoms with Crippen LogP contribution >= 0.6 is 0 Å². The summed E-state index contributed by atoms with van der Waals surface area (Å²) in [5, 5.41) is 12.5. The summed E-state index contributed by atoms with van der Waals surface area (Å²) in [6, 6.07) is 3.72. The van der Waals surface area contributed by atoms with Crippen molar-refractivity contribution >= 4 is 22.8 Å². The van der Waals surface area contributed by atoms with Crippen LogP contribution in [0.15, 0.2) is 24.5 Å². The Bertz CT molecular complexity index is 940. The van der Waals surface area contributed by atoms with Gasteiger partial charge in [-0.05, 0) is 30.9 Å². The molecule has 8 heteroatoms. The summed E-state index contributed by atoms with van der Waals surface area (Å²) in [5.74, 6) is 2.72. The smallest absolute Gasteiger partial charge is 0.322 e. The predicted octanol–water partition coefficient (Wildman–Crippen LogP) is 2.15. The Morgan fingerprint density at radius 1 is 1.32 bits per heavy atom. The number of anilines is 1. The monoisotopic (exact) mass is 337 g/mol. The summed E-state index contributed by atoms with van der Waals surface area (Å²) in [6.45, 7) is 1.91. The van der Waals surface area contributed by atoms with Crippen molar-refractivity contribution in [2.45, 2.75) is 32.4 Å². The van der Waals surface area contributed by atoms with Gasteiger partial charge < -0.3 is 19.8 Å². The van der Waals surface area contributed by atoms with Crippen molar-refractivity contribution in [2.75, 3.05) is 11.9 Å². The van der Waals surface area contributed by atoms with Crippen LogP contribution in [0.2, 0.25) is 0 Å². The molecule has 0 saturated heterocycles. The molecule has 3 aromatic heterocycles. The first-order valence-corrected chi connectivity index (χ1v) is 8.66. The van der Waals surface area contributed by atoms with E-state index in [0.717, 1.165) is 41.6 Å². The lowest BCUT2D eigenvalue weighted by molar-refractivity contribution is 0.195. The van der Waals surface area contributed by atoms with Crippen LogP contribution in [0.4, 0.5) is 10.5 Å². The number of aromatic nitrogens is 5. The van der Waals surface area contributed by atoms with E-state index in [2.05, 4.69) is 30.0 Å². The molecule has 1 aliphatic heterocycles. The number of H-pyrrole nitrogens is 1. The van der Waals surface area contributed by atoms with E-state index in [1.54, 1.807) is 11.1 Å². The lowest BCUT2D eigenvalue weighted by atomic mass is 10.2. The Balaban J connectivity index is 1.28. The number of amides is 2. The number of aromatic amines is 1. The standard InChI is InChI=1S/C17H19N7O/c25-17(20-13-8-12-3-4-18-16(12)19-9-13)23-5-6-24-14(7-11-1-2-11)21-22-15(24)10-23/h3-4,8-9,11H,1-2,5-7,10H2,(H,18,19)(H,20,25). The number of hydrogen-bond donors (Lipinski definition) is 2. The molecular weight excluding hydrogens is 318 g/mol. The quantitative estimate of drug-likeness (QED) is 0.766. The number of carbonyl (C=O) groups is 1. The van der Waals surface area contributed by atoms with Gasteiger partial charge in [0.1, 0.15) is 11.5 Å². The molecule has 0 spiro atoms. The predicted molar refractivity (Wildman–Crippen MR) is 92.0 cm³/mol. The fourth-order valence-corrected chi connectivity index (χ4v) is 3.33. The lowest BCUT2D eigenvalue weighted by Crippen LogP contribution is -2.41. The van der Waals surface area contributed by atoms with Crippen molar-refractivity contribution in [2.24, 2.45) is 5.92 Å². The molecule has 0 aromatic carbocycles. The van der Waals surface area contributed by atoms with Crippen LogP contribution in [-0.4, -0.2) is 42.2 Å². The topological polar surface area (TPSA) is 91.7 Å². The molecule has 1 aliphatic carbocycles. The number of carbonyl (C=O) groups excluding carboxylic acids is 1. The van der Waals surface area contributed by atoms with Gasteiger partial charge in [-0.1, -0.05) is 0 Å². The molecule has 2 N–H and O–H groups in total. The number of nitrogens with one attached hydrogen (secondary N) is 2. The molecule has 0 atom stereocenters. The van der Waals surface area contributed by atoms with Gasteiger partial charge in [0.2, 0.25) is 0 Å². The largest absolute Gasteiger partial charge is 0.346 e. The molecule has 4 heterocycles. The Labute approximate surface area is 144 Å². The Kier molecular flexibility index (Phi) is 3.22. The van der Waals surface area contributed by atoms with E-state index < -0.39 is 0 Å². The first kappa shape index (κ1) is 14.4. The summed E-state index contributed by atoms with van der Waals surface area (Å²) < 4.78 is 2.18. The van der Waals surface area contributed by atoms with Gasteiger partial charge >= 0.3 is 6.03 Å². The maximum absolute atomic E-state index is 12.6. The van der Waals surface area contributed by atoms with Gasteiger partial charge in [0.05, 0.1) is 18.4 Å². The maximum Gasteiger partial charge on any atom is 0.322 e. The summed E-state index contributed by atoms with van der Waals surface area (Å²) >= 11 is 0. The molecule has 0 radical (unpaired) electrons. The van der Waals surface area contributed by atoms with E-state index in [-0.39, 0.29) is 6.03 Å². The van der Waals surface area contributed by atoms with Gasteiger partial charge in [0.25, 0.3) is 0 Å². The third-order valence-electron chi connectivity index (χ3n) is 4.94. The van der Waals surface area contributed by atoms with Gasteiger partial charge in [-0.2, -0.15) is 0 Å². The Morgan fingerprint density at radius 2 is 2.24 bits per heavy atom. The minimum atomic E-state index is -0.130. The summed E-state index contributed by atoms with van der Waals surface area (Å²) in [5.41, 5.74) is 1.51. The second kappa shape index (κ2) is 5.58. The number of hydrogen-bond acceptors (Lipinski definition) is 4. The number of fused-ring (bicyclic) bond motifs is 2. The van der Waals surface area contributed by atoms with Crippen molar-refractivity contribution in [3.8, 4) is 0 Å². The zero-order chi connectivity index (χ0) is 16.8. The lowest BCUT2D eigenvalue weighted by Gasteiger charge is -2.28. The minimum Gasteiger partial charge on any atom is -0.346 e.